The Hall–Kier alpha value is -4.35. The molecule has 1 aromatic carbocycles. The molecule has 3 amide bonds. The Bertz CT molecular complexity index is 1530. The molecule has 3 saturated heterocycles. The van der Waals surface area contributed by atoms with Crippen molar-refractivity contribution in [3.05, 3.63) is 53.9 Å². The maximum Gasteiger partial charge on any atom is 0.419 e. The van der Waals surface area contributed by atoms with Crippen molar-refractivity contribution in [1.82, 2.24) is 24.5 Å². The van der Waals surface area contributed by atoms with Crippen LogP contribution in [0, 0.1) is 11.3 Å². The Labute approximate surface area is 240 Å². The minimum Gasteiger partial charge on any atom is -0.369 e. The number of rotatable bonds is 5. The molecule has 0 spiro atoms. The number of anilines is 3. The number of carbonyl (C=O) groups excluding carboxylic acids is 2. The number of piperazine rings is 2. The summed E-state index contributed by atoms with van der Waals surface area (Å²) in [5.41, 5.74) is 0.619. The van der Waals surface area contributed by atoms with Crippen molar-refractivity contribution in [2.75, 3.05) is 80.3 Å². The van der Waals surface area contributed by atoms with Gasteiger partial charge in [0, 0.05) is 83.3 Å². The lowest BCUT2D eigenvalue weighted by molar-refractivity contribution is -0.137. The van der Waals surface area contributed by atoms with Gasteiger partial charge in [-0.1, -0.05) is 6.07 Å². The largest absolute Gasteiger partial charge is 0.419 e. The van der Waals surface area contributed by atoms with E-state index in [0.717, 1.165) is 38.5 Å². The van der Waals surface area contributed by atoms with Crippen LogP contribution in [0.25, 0.3) is 5.65 Å². The van der Waals surface area contributed by atoms with Crippen molar-refractivity contribution in [3.8, 4) is 6.07 Å². The van der Waals surface area contributed by atoms with Gasteiger partial charge in [-0.05, 0) is 18.2 Å². The molecule has 42 heavy (non-hydrogen) atoms. The fraction of sp³-hybridized carbons (Fsp3) is 0.429. The van der Waals surface area contributed by atoms with E-state index in [1.54, 1.807) is 17.2 Å². The molecule has 1 N–H and O–H groups in total. The summed E-state index contributed by atoms with van der Waals surface area (Å²) in [6, 6.07) is 9.40. The fourth-order valence-electron chi connectivity index (χ4n) is 5.89. The molecule has 2 aromatic heterocycles. The number of imidazole rings is 1. The van der Waals surface area contributed by atoms with Crippen LogP contribution in [0.5, 0.6) is 0 Å². The Balaban J connectivity index is 1.03. The Morgan fingerprint density at radius 1 is 0.929 bits per heavy atom. The van der Waals surface area contributed by atoms with Gasteiger partial charge in [0.1, 0.15) is 11.5 Å². The topological polar surface area (TPSA) is 103 Å². The van der Waals surface area contributed by atoms with Gasteiger partial charge in [0.25, 0.3) is 0 Å². The van der Waals surface area contributed by atoms with Crippen molar-refractivity contribution in [2.45, 2.75) is 12.6 Å². The van der Waals surface area contributed by atoms with Crippen LogP contribution in [-0.4, -0.2) is 96.7 Å². The van der Waals surface area contributed by atoms with Gasteiger partial charge in [0.15, 0.2) is 0 Å². The highest BCUT2D eigenvalue weighted by Gasteiger charge is 2.38. The van der Waals surface area contributed by atoms with E-state index in [4.69, 9.17) is 0 Å². The molecule has 0 bridgehead atoms. The second-order valence-electron chi connectivity index (χ2n) is 10.6. The van der Waals surface area contributed by atoms with E-state index in [0.29, 0.717) is 44.2 Å². The number of imide groups is 1. The lowest BCUT2D eigenvalue weighted by Crippen LogP contribution is -2.54. The summed E-state index contributed by atoms with van der Waals surface area (Å²) in [5.74, 6) is 0.328. The molecule has 5 heterocycles. The molecule has 220 valence electrons. The molecule has 0 unspecified atom stereocenters. The SMILES string of the molecule is N#Cc1cccc(N2CCN(CN3CCN(c4ccn5c(N6CCC(=O)NC6=O)cnc5c4)CC3)CC2)c1C(F)(F)F. The summed E-state index contributed by atoms with van der Waals surface area (Å²) >= 11 is 0. The first-order valence-corrected chi connectivity index (χ1v) is 13.8. The van der Waals surface area contributed by atoms with Crippen LogP contribution in [0.4, 0.5) is 35.2 Å². The Morgan fingerprint density at radius 2 is 1.62 bits per heavy atom. The van der Waals surface area contributed by atoms with Gasteiger partial charge in [-0.15, -0.1) is 0 Å². The number of alkyl halides is 3. The van der Waals surface area contributed by atoms with E-state index in [-0.39, 0.29) is 23.6 Å². The fourth-order valence-corrected chi connectivity index (χ4v) is 5.89. The number of carbonyl (C=O) groups is 2. The highest BCUT2D eigenvalue weighted by Crippen LogP contribution is 2.39. The Morgan fingerprint density at radius 3 is 2.26 bits per heavy atom. The van der Waals surface area contributed by atoms with E-state index in [9.17, 15) is 28.0 Å². The van der Waals surface area contributed by atoms with E-state index in [1.807, 2.05) is 22.7 Å². The van der Waals surface area contributed by atoms with Crippen molar-refractivity contribution in [1.29, 1.82) is 5.26 Å². The predicted molar refractivity (Wildman–Crippen MR) is 149 cm³/mol. The smallest absolute Gasteiger partial charge is 0.369 e. The number of aromatic nitrogens is 2. The number of benzene rings is 1. The highest BCUT2D eigenvalue weighted by atomic mass is 19.4. The first kappa shape index (κ1) is 27.8. The molecule has 14 heteroatoms. The summed E-state index contributed by atoms with van der Waals surface area (Å²) in [4.78, 5) is 38.4. The maximum absolute atomic E-state index is 13.7. The molecule has 3 aromatic rings. The number of hydrogen-bond acceptors (Lipinski definition) is 8. The Kier molecular flexibility index (Phi) is 7.38. The zero-order valence-corrected chi connectivity index (χ0v) is 22.8. The first-order chi connectivity index (χ1) is 20.2. The van der Waals surface area contributed by atoms with Gasteiger partial charge in [-0.3, -0.25) is 29.2 Å². The molecule has 11 nitrogen and oxygen atoms in total. The van der Waals surface area contributed by atoms with Gasteiger partial charge in [-0.25, -0.2) is 9.78 Å². The van der Waals surface area contributed by atoms with Crippen LogP contribution in [0.3, 0.4) is 0 Å². The number of nitriles is 1. The van der Waals surface area contributed by atoms with E-state index in [1.165, 1.54) is 23.1 Å². The zero-order chi connectivity index (χ0) is 29.4. The van der Waals surface area contributed by atoms with Crippen LogP contribution < -0.4 is 20.0 Å². The van der Waals surface area contributed by atoms with Crippen molar-refractivity contribution in [3.63, 3.8) is 0 Å². The van der Waals surface area contributed by atoms with E-state index >= 15 is 0 Å². The number of nitrogens with zero attached hydrogens (tertiary/aromatic N) is 8. The molecule has 0 saturated carbocycles. The summed E-state index contributed by atoms with van der Waals surface area (Å²) in [6.45, 7) is 6.55. The summed E-state index contributed by atoms with van der Waals surface area (Å²) < 4.78 is 43.1. The molecule has 6 rings (SSSR count). The zero-order valence-electron chi connectivity index (χ0n) is 22.8. The molecule has 0 radical (unpaired) electrons. The number of fused-ring (bicyclic) bond motifs is 1. The van der Waals surface area contributed by atoms with Gasteiger partial charge in [-0.2, -0.15) is 18.4 Å². The number of amides is 3. The average Bonchev–Trinajstić information content (AvgIpc) is 3.40. The lowest BCUT2D eigenvalue weighted by Gasteiger charge is -2.42. The monoisotopic (exact) mass is 581 g/mol. The maximum atomic E-state index is 13.7. The summed E-state index contributed by atoms with van der Waals surface area (Å²) in [7, 11) is 0. The van der Waals surface area contributed by atoms with E-state index in [2.05, 4.69) is 25.0 Å². The molecule has 3 aliphatic heterocycles. The van der Waals surface area contributed by atoms with Crippen LogP contribution in [-0.2, 0) is 11.0 Å². The third-order valence-corrected chi connectivity index (χ3v) is 8.10. The van der Waals surface area contributed by atoms with Crippen molar-refractivity contribution >= 4 is 34.8 Å². The number of pyridine rings is 1. The van der Waals surface area contributed by atoms with Gasteiger partial charge >= 0.3 is 12.2 Å². The second kappa shape index (κ2) is 11.1. The second-order valence-corrected chi connectivity index (χ2v) is 10.6. The average molecular weight is 582 g/mol. The van der Waals surface area contributed by atoms with Gasteiger partial charge in [0.05, 0.1) is 35.7 Å². The minimum atomic E-state index is -4.59. The number of hydrogen-bond donors (Lipinski definition) is 1. The van der Waals surface area contributed by atoms with Crippen molar-refractivity contribution in [2.24, 2.45) is 0 Å². The minimum absolute atomic E-state index is 0.0747. The van der Waals surface area contributed by atoms with Gasteiger partial charge in [0.2, 0.25) is 5.91 Å². The van der Waals surface area contributed by atoms with Crippen LogP contribution in [0.15, 0.2) is 42.7 Å². The normalized spacial score (nSPS) is 19.3. The summed E-state index contributed by atoms with van der Waals surface area (Å²) in [5, 5.41) is 11.6. The molecule has 3 aliphatic rings. The number of nitrogens with one attached hydrogen (secondary N) is 1. The third kappa shape index (κ3) is 5.45. The standard InChI is InChI=1S/C28H30F3N9O2/c29-28(30,31)26-20(17-32)2-1-3-22(26)38-14-10-36(11-15-38)19-35-8-12-37(13-9-35)21-4-6-39-23(16-21)33-18-25(39)40-7-5-24(41)34-27(40)42/h1-4,6,16,18H,5,7-15,19H2,(H,34,41,42). The lowest BCUT2D eigenvalue weighted by atomic mass is 10.0. The molecule has 3 fully saturated rings. The quantitative estimate of drug-likeness (QED) is 0.491. The van der Waals surface area contributed by atoms with Crippen molar-refractivity contribution < 1.29 is 22.8 Å². The van der Waals surface area contributed by atoms with Crippen LogP contribution in [0.1, 0.15) is 17.5 Å². The molecule has 0 atom stereocenters. The number of urea groups is 1. The molecular formula is C28H30F3N9O2. The predicted octanol–water partition coefficient (Wildman–Crippen LogP) is 2.57. The van der Waals surface area contributed by atoms with Crippen LogP contribution >= 0.6 is 0 Å². The van der Waals surface area contributed by atoms with Gasteiger partial charge < -0.3 is 9.80 Å². The molecule has 0 aliphatic carbocycles. The number of halogens is 3. The third-order valence-electron chi connectivity index (χ3n) is 8.10. The van der Waals surface area contributed by atoms with Crippen LogP contribution in [0.2, 0.25) is 0 Å². The highest BCUT2D eigenvalue weighted by molar-refractivity contribution is 6.05. The summed E-state index contributed by atoms with van der Waals surface area (Å²) in [6.07, 6.45) is -0.823. The van der Waals surface area contributed by atoms with E-state index < -0.39 is 17.8 Å². The molecular weight excluding hydrogens is 551 g/mol. The first-order valence-electron chi connectivity index (χ1n) is 13.8.